The highest BCUT2D eigenvalue weighted by atomic mass is 16.5. The number of aromatic amines is 1. The summed E-state index contributed by atoms with van der Waals surface area (Å²) < 4.78 is 10.9. The number of ether oxygens (including phenoxy) is 2. The maximum Gasteiger partial charge on any atom is 0.121 e. The Kier molecular flexibility index (Phi) is 4.15. The molecule has 6 nitrogen and oxygen atoms in total. The minimum atomic E-state index is 0.515. The summed E-state index contributed by atoms with van der Waals surface area (Å²) in [6.07, 6.45) is 0. The molecule has 0 radical (unpaired) electrons. The van der Waals surface area contributed by atoms with E-state index in [1.807, 2.05) is 18.2 Å². The molecular weight excluding hydrogens is 256 g/mol. The zero-order valence-corrected chi connectivity index (χ0v) is 11.5. The second kappa shape index (κ2) is 6.21. The fraction of sp³-hybridized carbons (Fsp3) is 0.500. The lowest BCUT2D eigenvalue weighted by Crippen LogP contribution is -2.35. The van der Waals surface area contributed by atoms with Gasteiger partial charge in [0.2, 0.25) is 0 Å². The summed E-state index contributed by atoms with van der Waals surface area (Å²) >= 11 is 0. The van der Waals surface area contributed by atoms with Crippen LogP contribution in [0.2, 0.25) is 0 Å². The number of morpholine rings is 1. The Labute approximate surface area is 117 Å². The van der Waals surface area contributed by atoms with Crippen LogP contribution in [0.3, 0.4) is 0 Å². The molecule has 0 saturated carbocycles. The summed E-state index contributed by atoms with van der Waals surface area (Å²) in [6.45, 7) is 5.40. The lowest BCUT2D eigenvalue weighted by Gasteiger charge is -2.25. The van der Waals surface area contributed by atoms with E-state index in [0.29, 0.717) is 13.2 Å². The molecule has 2 heterocycles. The zero-order chi connectivity index (χ0) is 13.8. The van der Waals surface area contributed by atoms with Crippen molar-refractivity contribution in [1.29, 1.82) is 0 Å². The van der Waals surface area contributed by atoms with Gasteiger partial charge in [-0.15, -0.1) is 0 Å². The van der Waals surface area contributed by atoms with Crippen molar-refractivity contribution in [1.82, 2.24) is 14.9 Å². The lowest BCUT2D eigenvalue weighted by molar-refractivity contribution is 0.0332. The van der Waals surface area contributed by atoms with E-state index in [-0.39, 0.29) is 0 Å². The molecule has 0 unspecified atom stereocenters. The first-order valence-electron chi connectivity index (χ1n) is 6.97. The van der Waals surface area contributed by atoms with Gasteiger partial charge in [0.15, 0.2) is 0 Å². The van der Waals surface area contributed by atoms with Gasteiger partial charge >= 0.3 is 0 Å². The van der Waals surface area contributed by atoms with Gasteiger partial charge in [0.05, 0.1) is 30.8 Å². The van der Waals surface area contributed by atoms with E-state index in [0.717, 1.165) is 55.5 Å². The largest absolute Gasteiger partial charge is 0.492 e. The molecule has 108 valence electrons. The summed E-state index contributed by atoms with van der Waals surface area (Å²) in [6, 6.07) is 5.88. The molecule has 1 aliphatic heterocycles. The highest BCUT2D eigenvalue weighted by Crippen LogP contribution is 2.19. The fourth-order valence-corrected chi connectivity index (χ4v) is 2.35. The number of nitrogens with two attached hydrogens (primary N) is 1. The second-order valence-electron chi connectivity index (χ2n) is 4.89. The predicted octanol–water partition coefficient (Wildman–Crippen LogP) is 0.733. The number of fused-ring (bicyclic) bond motifs is 1. The predicted molar refractivity (Wildman–Crippen MR) is 76.7 cm³/mol. The van der Waals surface area contributed by atoms with E-state index in [1.165, 1.54) is 0 Å². The van der Waals surface area contributed by atoms with Crippen molar-refractivity contribution in [2.75, 3.05) is 39.5 Å². The number of hydrogen-bond acceptors (Lipinski definition) is 5. The van der Waals surface area contributed by atoms with Gasteiger partial charge in [-0.05, 0) is 12.1 Å². The lowest BCUT2D eigenvalue weighted by atomic mass is 10.3. The quantitative estimate of drug-likeness (QED) is 0.842. The number of hydrogen-bond donors (Lipinski definition) is 2. The molecule has 2 aromatic rings. The molecule has 0 spiro atoms. The first-order valence-corrected chi connectivity index (χ1v) is 6.97. The molecule has 1 aromatic carbocycles. The van der Waals surface area contributed by atoms with Gasteiger partial charge in [0.25, 0.3) is 0 Å². The molecule has 6 heteroatoms. The van der Waals surface area contributed by atoms with Crippen LogP contribution in [0.25, 0.3) is 11.0 Å². The number of aromatic nitrogens is 2. The maximum absolute atomic E-state index is 5.52. The third kappa shape index (κ3) is 3.09. The Balaban J connectivity index is 1.72. The van der Waals surface area contributed by atoms with Crippen LogP contribution in [0.4, 0.5) is 0 Å². The van der Waals surface area contributed by atoms with E-state index >= 15 is 0 Å². The van der Waals surface area contributed by atoms with Crippen LogP contribution in [0.5, 0.6) is 5.75 Å². The summed E-state index contributed by atoms with van der Waals surface area (Å²) in [5.41, 5.74) is 7.40. The minimum absolute atomic E-state index is 0.515. The van der Waals surface area contributed by atoms with E-state index in [1.54, 1.807) is 0 Å². The highest BCUT2D eigenvalue weighted by Gasteiger charge is 2.13. The highest BCUT2D eigenvalue weighted by molar-refractivity contribution is 5.76. The number of nitrogens with one attached hydrogen (secondary N) is 1. The monoisotopic (exact) mass is 276 g/mol. The molecule has 0 aliphatic carbocycles. The van der Waals surface area contributed by atoms with Crippen molar-refractivity contribution in [2.45, 2.75) is 6.54 Å². The Morgan fingerprint density at radius 2 is 2.20 bits per heavy atom. The van der Waals surface area contributed by atoms with Crippen molar-refractivity contribution < 1.29 is 9.47 Å². The Morgan fingerprint density at radius 1 is 1.35 bits per heavy atom. The number of benzene rings is 1. The average molecular weight is 276 g/mol. The van der Waals surface area contributed by atoms with Gasteiger partial charge in [0.1, 0.15) is 18.2 Å². The molecule has 3 rings (SSSR count). The van der Waals surface area contributed by atoms with E-state index in [9.17, 15) is 0 Å². The third-order valence-electron chi connectivity index (χ3n) is 3.37. The SMILES string of the molecule is NCCOc1ccc2[nH]c(CN3CCOCC3)nc2c1. The van der Waals surface area contributed by atoms with Crippen LogP contribution in [0.1, 0.15) is 5.82 Å². The molecule has 1 aliphatic rings. The van der Waals surface area contributed by atoms with Gasteiger partial charge < -0.3 is 20.2 Å². The van der Waals surface area contributed by atoms with Crippen LogP contribution in [0.15, 0.2) is 18.2 Å². The van der Waals surface area contributed by atoms with Gasteiger partial charge in [-0.2, -0.15) is 0 Å². The van der Waals surface area contributed by atoms with Crippen LogP contribution in [-0.4, -0.2) is 54.3 Å². The molecule has 1 saturated heterocycles. The Bertz CT molecular complexity index is 563. The summed E-state index contributed by atoms with van der Waals surface area (Å²) in [7, 11) is 0. The standard InChI is InChI=1S/C14H20N4O2/c15-3-6-20-11-1-2-12-13(9-11)17-14(16-12)10-18-4-7-19-8-5-18/h1-2,9H,3-8,10,15H2,(H,16,17). The number of nitrogens with zero attached hydrogens (tertiary/aromatic N) is 2. The van der Waals surface area contributed by atoms with Crippen LogP contribution in [0, 0.1) is 0 Å². The molecule has 20 heavy (non-hydrogen) atoms. The summed E-state index contributed by atoms with van der Waals surface area (Å²) in [4.78, 5) is 10.3. The summed E-state index contributed by atoms with van der Waals surface area (Å²) in [5.74, 6) is 1.80. The Hall–Kier alpha value is -1.63. The topological polar surface area (TPSA) is 76.4 Å². The van der Waals surface area contributed by atoms with Crippen LogP contribution >= 0.6 is 0 Å². The minimum Gasteiger partial charge on any atom is -0.492 e. The van der Waals surface area contributed by atoms with Crippen molar-refractivity contribution in [3.8, 4) is 5.75 Å². The molecular formula is C14H20N4O2. The fourth-order valence-electron chi connectivity index (χ4n) is 2.35. The molecule has 3 N–H and O–H groups in total. The van der Waals surface area contributed by atoms with Gasteiger partial charge in [0, 0.05) is 25.7 Å². The second-order valence-corrected chi connectivity index (χ2v) is 4.89. The van der Waals surface area contributed by atoms with Gasteiger partial charge in [-0.1, -0.05) is 0 Å². The van der Waals surface area contributed by atoms with Crippen molar-refractivity contribution in [3.05, 3.63) is 24.0 Å². The van der Waals surface area contributed by atoms with Gasteiger partial charge in [-0.3, -0.25) is 4.90 Å². The molecule has 1 fully saturated rings. The molecule has 0 bridgehead atoms. The Morgan fingerprint density at radius 3 is 3.00 bits per heavy atom. The van der Waals surface area contributed by atoms with Crippen molar-refractivity contribution >= 4 is 11.0 Å². The first kappa shape index (κ1) is 13.4. The van der Waals surface area contributed by atoms with E-state index < -0.39 is 0 Å². The third-order valence-corrected chi connectivity index (χ3v) is 3.37. The normalized spacial score (nSPS) is 16.6. The van der Waals surface area contributed by atoms with Crippen LogP contribution in [-0.2, 0) is 11.3 Å². The molecule has 0 atom stereocenters. The van der Waals surface area contributed by atoms with Crippen molar-refractivity contribution in [3.63, 3.8) is 0 Å². The molecule has 1 aromatic heterocycles. The first-order chi connectivity index (χ1) is 9.85. The number of H-pyrrole nitrogens is 1. The van der Waals surface area contributed by atoms with Gasteiger partial charge in [-0.25, -0.2) is 4.98 Å². The van der Waals surface area contributed by atoms with Crippen molar-refractivity contribution in [2.24, 2.45) is 5.73 Å². The smallest absolute Gasteiger partial charge is 0.121 e. The zero-order valence-electron chi connectivity index (χ0n) is 11.5. The van der Waals surface area contributed by atoms with E-state index in [4.69, 9.17) is 15.2 Å². The number of imidazole rings is 1. The molecule has 0 amide bonds. The van der Waals surface area contributed by atoms with E-state index in [2.05, 4.69) is 14.9 Å². The number of rotatable bonds is 5. The maximum atomic E-state index is 5.52. The summed E-state index contributed by atoms with van der Waals surface area (Å²) in [5, 5.41) is 0. The van der Waals surface area contributed by atoms with Crippen LogP contribution < -0.4 is 10.5 Å². The average Bonchev–Trinajstić information content (AvgIpc) is 2.87.